The number of amides is 2. The summed E-state index contributed by atoms with van der Waals surface area (Å²) in [4.78, 5) is 31.3. The van der Waals surface area contributed by atoms with E-state index in [1.165, 1.54) is 0 Å². The number of anilines is 1. The highest BCUT2D eigenvalue weighted by Crippen LogP contribution is 2.26. The molecule has 0 spiro atoms. The van der Waals surface area contributed by atoms with Crippen LogP contribution in [0.15, 0.2) is 29.3 Å². The van der Waals surface area contributed by atoms with Crippen molar-refractivity contribution in [3.8, 4) is 0 Å². The van der Waals surface area contributed by atoms with Gasteiger partial charge < -0.3 is 20.9 Å². The highest BCUT2D eigenvalue weighted by atomic mass is 127. The number of aliphatic imine (C=N–C) groups is 1. The second kappa shape index (κ2) is 13.0. The van der Waals surface area contributed by atoms with Crippen molar-refractivity contribution in [1.82, 2.24) is 15.5 Å². The number of rotatable bonds is 7. The van der Waals surface area contributed by atoms with Gasteiger partial charge in [0.1, 0.15) is 0 Å². The third kappa shape index (κ3) is 7.64. The van der Waals surface area contributed by atoms with Crippen LogP contribution in [-0.2, 0) is 16.1 Å². The highest BCUT2D eigenvalue weighted by Gasteiger charge is 2.28. The number of hydrogen-bond donors (Lipinski definition) is 3. The maximum atomic E-state index is 12.4. The van der Waals surface area contributed by atoms with E-state index in [9.17, 15) is 9.59 Å². The zero-order valence-electron chi connectivity index (χ0n) is 19.5. The monoisotopic (exact) mass is 555 g/mol. The lowest BCUT2D eigenvalue weighted by Gasteiger charge is -2.20. The fraction of sp³-hybridized carbons (Fsp3) is 0.625. The maximum absolute atomic E-state index is 12.4. The van der Waals surface area contributed by atoms with Crippen molar-refractivity contribution >= 4 is 47.4 Å². The molecule has 1 saturated heterocycles. The first-order valence-corrected chi connectivity index (χ1v) is 11.7. The lowest BCUT2D eigenvalue weighted by molar-refractivity contribution is -0.133. The number of guanidine groups is 1. The van der Waals surface area contributed by atoms with Crippen LogP contribution in [0.4, 0.5) is 5.69 Å². The van der Waals surface area contributed by atoms with Crippen LogP contribution in [0.1, 0.15) is 58.4 Å². The van der Waals surface area contributed by atoms with Crippen molar-refractivity contribution in [2.75, 3.05) is 25.0 Å². The third-order valence-electron chi connectivity index (χ3n) is 6.02. The van der Waals surface area contributed by atoms with Crippen LogP contribution in [0.25, 0.3) is 0 Å². The Hall–Kier alpha value is -1.84. The van der Waals surface area contributed by atoms with E-state index in [1.54, 1.807) is 0 Å². The van der Waals surface area contributed by atoms with Crippen LogP contribution in [-0.4, -0.2) is 48.3 Å². The lowest BCUT2D eigenvalue weighted by atomic mass is 10.1. The minimum atomic E-state index is 0. The molecule has 1 aliphatic heterocycles. The summed E-state index contributed by atoms with van der Waals surface area (Å²) in [5.41, 5.74) is 1.88. The molecule has 2 amide bonds. The molecule has 1 aliphatic carbocycles. The first-order chi connectivity index (χ1) is 15.0. The standard InChI is InChI=1S/C24H37N5O2.HI/c1-4-25-24(28-21-12-13-29(16-21)23(31)17(2)3)26-15-18-8-7-11-20(14-18)27-22(30)19-9-5-6-10-19;/h7-8,11,14,17,19,21H,4-6,9-10,12-13,15-16H2,1-3H3,(H,27,30)(H2,25,26,28);1H. The van der Waals surface area contributed by atoms with Gasteiger partial charge in [0, 0.05) is 43.2 Å². The SMILES string of the molecule is CCNC(=NCc1cccc(NC(=O)C2CCCC2)c1)NC1CCN(C(=O)C(C)C)C1.I. The van der Waals surface area contributed by atoms with Gasteiger partial charge in [-0.05, 0) is 43.9 Å². The zero-order valence-corrected chi connectivity index (χ0v) is 21.9. The molecule has 3 N–H and O–H groups in total. The molecule has 1 aromatic rings. The number of benzene rings is 1. The van der Waals surface area contributed by atoms with Crippen LogP contribution in [0.2, 0.25) is 0 Å². The molecule has 8 heteroatoms. The van der Waals surface area contributed by atoms with Crippen LogP contribution in [0.5, 0.6) is 0 Å². The average molecular weight is 556 g/mol. The van der Waals surface area contributed by atoms with E-state index in [2.05, 4.69) is 16.0 Å². The van der Waals surface area contributed by atoms with E-state index in [1.807, 2.05) is 49.9 Å². The highest BCUT2D eigenvalue weighted by molar-refractivity contribution is 14.0. The minimum Gasteiger partial charge on any atom is -0.357 e. The Labute approximate surface area is 209 Å². The molecule has 1 atom stereocenters. The van der Waals surface area contributed by atoms with Crippen molar-refractivity contribution < 1.29 is 9.59 Å². The third-order valence-corrected chi connectivity index (χ3v) is 6.02. The molecular formula is C24H38IN5O2. The number of halogens is 1. The Morgan fingerprint density at radius 1 is 1.19 bits per heavy atom. The molecule has 1 unspecified atom stereocenters. The second-order valence-corrected chi connectivity index (χ2v) is 8.94. The molecule has 2 aliphatic rings. The Kier molecular flexibility index (Phi) is 10.7. The van der Waals surface area contributed by atoms with Crippen molar-refractivity contribution in [3.63, 3.8) is 0 Å². The van der Waals surface area contributed by atoms with E-state index >= 15 is 0 Å². The van der Waals surface area contributed by atoms with Crippen LogP contribution >= 0.6 is 24.0 Å². The van der Waals surface area contributed by atoms with Gasteiger partial charge in [0.15, 0.2) is 5.96 Å². The molecule has 3 rings (SSSR count). The van der Waals surface area contributed by atoms with E-state index in [4.69, 9.17) is 4.99 Å². The average Bonchev–Trinajstić information content (AvgIpc) is 3.44. The number of nitrogens with zero attached hydrogens (tertiary/aromatic N) is 2. The van der Waals surface area contributed by atoms with E-state index < -0.39 is 0 Å². The van der Waals surface area contributed by atoms with Crippen molar-refractivity contribution in [2.24, 2.45) is 16.8 Å². The summed E-state index contributed by atoms with van der Waals surface area (Å²) in [5, 5.41) is 9.83. The first kappa shape index (κ1) is 26.4. The largest absolute Gasteiger partial charge is 0.357 e. The number of carbonyl (C=O) groups is 2. The molecular weight excluding hydrogens is 517 g/mol. The molecule has 7 nitrogen and oxygen atoms in total. The molecule has 32 heavy (non-hydrogen) atoms. The van der Waals surface area contributed by atoms with E-state index in [0.717, 1.165) is 62.4 Å². The zero-order chi connectivity index (χ0) is 22.2. The Morgan fingerprint density at radius 3 is 2.62 bits per heavy atom. The van der Waals surface area contributed by atoms with Gasteiger partial charge in [0.05, 0.1) is 6.54 Å². The minimum absolute atomic E-state index is 0. The molecule has 2 fully saturated rings. The summed E-state index contributed by atoms with van der Waals surface area (Å²) in [7, 11) is 0. The van der Waals surface area contributed by atoms with Gasteiger partial charge in [-0.25, -0.2) is 4.99 Å². The topological polar surface area (TPSA) is 85.8 Å². The van der Waals surface area contributed by atoms with Gasteiger partial charge in [-0.15, -0.1) is 24.0 Å². The quantitative estimate of drug-likeness (QED) is 0.272. The smallest absolute Gasteiger partial charge is 0.227 e. The predicted molar refractivity (Wildman–Crippen MR) is 140 cm³/mol. The van der Waals surface area contributed by atoms with E-state index in [-0.39, 0.29) is 53.7 Å². The van der Waals surface area contributed by atoms with Gasteiger partial charge >= 0.3 is 0 Å². The normalized spacial score (nSPS) is 19.1. The Balaban J connectivity index is 0.00000363. The van der Waals surface area contributed by atoms with Gasteiger partial charge in [-0.3, -0.25) is 9.59 Å². The Bertz CT molecular complexity index is 792. The molecule has 0 radical (unpaired) electrons. The van der Waals surface area contributed by atoms with Crippen molar-refractivity contribution in [3.05, 3.63) is 29.8 Å². The summed E-state index contributed by atoms with van der Waals surface area (Å²) in [6.07, 6.45) is 5.21. The summed E-state index contributed by atoms with van der Waals surface area (Å²) < 4.78 is 0. The maximum Gasteiger partial charge on any atom is 0.227 e. The second-order valence-electron chi connectivity index (χ2n) is 8.94. The van der Waals surface area contributed by atoms with Crippen molar-refractivity contribution in [1.29, 1.82) is 0 Å². The first-order valence-electron chi connectivity index (χ1n) is 11.7. The molecule has 1 heterocycles. The lowest BCUT2D eigenvalue weighted by Crippen LogP contribution is -2.45. The molecule has 1 saturated carbocycles. The number of carbonyl (C=O) groups excluding carboxylic acids is 2. The van der Waals surface area contributed by atoms with Gasteiger partial charge in [0.25, 0.3) is 0 Å². The van der Waals surface area contributed by atoms with Crippen LogP contribution in [0.3, 0.4) is 0 Å². The summed E-state index contributed by atoms with van der Waals surface area (Å²) in [6, 6.07) is 8.12. The predicted octanol–water partition coefficient (Wildman–Crippen LogP) is 3.75. The summed E-state index contributed by atoms with van der Waals surface area (Å²) >= 11 is 0. The van der Waals surface area contributed by atoms with Crippen LogP contribution < -0.4 is 16.0 Å². The number of nitrogens with one attached hydrogen (secondary N) is 3. The molecule has 0 bridgehead atoms. The molecule has 0 aromatic heterocycles. The van der Waals surface area contributed by atoms with Gasteiger partial charge in [-0.1, -0.05) is 38.8 Å². The van der Waals surface area contributed by atoms with Crippen LogP contribution in [0, 0.1) is 11.8 Å². The molecule has 178 valence electrons. The fourth-order valence-corrected chi connectivity index (χ4v) is 4.31. The molecule has 1 aromatic carbocycles. The summed E-state index contributed by atoms with van der Waals surface area (Å²) in [6.45, 7) is 8.72. The van der Waals surface area contributed by atoms with Gasteiger partial charge in [-0.2, -0.15) is 0 Å². The fourth-order valence-electron chi connectivity index (χ4n) is 4.31. The summed E-state index contributed by atoms with van der Waals surface area (Å²) in [5.74, 6) is 1.28. The van der Waals surface area contributed by atoms with Gasteiger partial charge in [0.2, 0.25) is 11.8 Å². The number of likely N-dealkylation sites (tertiary alicyclic amines) is 1. The number of hydrogen-bond acceptors (Lipinski definition) is 3. The van der Waals surface area contributed by atoms with E-state index in [0.29, 0.717) is 13.1 Å². The van der Waals surface area contributed by atoms with Crippen molar-refractivity contribution in [2.45, 2.75) is 65.5 Å². The Morgan fingerprint density at radius 2 is 1.94 bits per heavy atom.